The molecule has 0 fully saturated rings. The highest BCUT2D eigenvalue weighted by Crippen LogP contribution is 2.22. The van der Waals surface area contributed by atoms with E-state index in [1.54, 1.807) is 6.92 Å². The molecule has 0 aromatic heterocycles. The Kier molecular flexibility index (Phi) is 4.15. The largest absolute Gasteiger partial charge is 0.300 e. The van der Waals surface area contributed by atoms with Crippen molar-refractivity contribution in [1.29, 1.82) is 0 Å². The Morgan fingerprint density at radius 2 is 1.75 bits per heavy atom. The quantitative estimate of drug-likeness (QED) is 0.634. The topological polar surface area (TPSA) is 34.1 Å². The molecule has 0 saturated carbocycles. The molecule has 0 bridgehead atoms. The molecular weight excluding hydrogens is 152 g/mol. The van der Waals surface area contributed by atoms with Gasteiger partial charge in [-0.3, -0.25) is 9.59 Å². The molecule has 0 aliphatic heterocycles. The Labute approximate surface area is 74.3 Å². The first-order valence-corrected chi connectivity index (χ1v) is 4.43. The molecule has 0 aromatic carbocycles. The first kappa shape index (κ1) is 11.3. The summed E-state index contributed by atoms with van der Waals surface area (Å²) < 4.78 is 0. The lowest BCUT2D eigenvalue weighted by Gasteiger charge is -2.19. The Hall–Kier alpha value is -0.660. The predicted molar refractivity (Wildman–Crippen MR) is 49.0 cm³/mol. The molecule has 0 aliphatic carbocycles. The highest BCUT2D eigenvalue weighted by molar-refractivity contribution is 5.88. The van der Waals surface area contributed by atoms with Crippen LogP contribution in [0.2, 0.25) is 0 Å². The molecule has 0 spiro atoms. The van der Waals surface area contributed by atoms with Crippen molar-refractivity contribution in [3.8, 4) is 0 Å². The van der Waals surface area contributed by atoms with Crippen LogP contribution < -0.4 is 0 Å². The first-order chi connectivity index (χ1) is 5.40. The molecule has 0 aromatic rings. The van der Waals surface area contributed by atoms with Gasteiger partial charge in [0.05, 0.1) is 0 Å². The molecule has 0 heterocycles. The average molecular weight is 170 g/mol. The van der Waals surface area contributed by atoms with E-state index in [1.807, 2.05) is 20.8 Å². The van der Waals surface area contributed by atoms with Crippen LogP contribution in [0.15, 0.2) is 0 Å². The summed E-state index contributed by atoms with van der Waals surface area (Å²) in [7, 11) is 0. The fourth-order valence-electron chi connectivity index (χ4n) is 0.985. The van der Waals surface area contributed by atoms with Crippen molar-refractivity contribution < 1.29 is 9.59 Å². The average Bonchev–Trinajstić information content (AvgIpc) is 1.85. The second kappa shape index (κ2) is 4.39. The van der Waals surface area contributed by atoms with Gasteiger partial charge >= 0.3 is 0 Å². The lowest BCUT2D eigenvalue weighted by molar-refractivity contribution is -0.130. The molecule has 0 amide bonds. The van der Waals surface area contributed by atoms with Crippen LogP contribution >= 0.6 is 0 Å². The van der Waals surface area contributed by atoms with Gasteiger partial charge in [0.25, 0.3) is 0 Å². The molecule has 70 valence electrons. The van der Waals surface area contributed by atoms with Crippen LogP contribution in [0.4, 0.5) is 0 Å². The number of rotatable bonds is 5. The van der Waals surface area contributed by atoms with Gasteiger partial charge in [0.1, 0.15) is 11.6 Å². The normalized spacial score (nSPS) is 11.3. The fourth-order valence-corrected chi connectivity index (χ4v) is 0.985. The van der Waals surface area contributed by atoms with Crippen LogP contribution in [0.3, 0.4) is 0 Å². The van der Waals surface area contributed by atoms with Crippen LogP contribution in [-0.4, -0.2) is 11.6 Å². The summed E-state index contributed by atoms with van der Waals surface area (Å²) in [6.07, 6.45) is 1.85. The summed E-state index contributed by atoms with van der Waals surface area (Å²) in [5.41, 5.74) is -0.466. The Morgan fingerprint density at radius 1 is 1.25 bits per heavy atom. The number of ketones is 2. The highest BCUT2D eigenvalue weighted by atomic mass is 16.1. The van der Waals surface area contributed by atoms with E-state index in [9.17, 15) is 9.59 Å². The van der Waals surface area contributed by atoms with E-state index in [1.165, 1.54) is 0 Å². The third-order valence-electron chi connectivity index (χ3n) is 2.12. The van der Waals surface area contributed by atoms with Crippen LogP contribution in [0.5, 0.6) is 0 Å². The predicted octanol–water partition coefficient (Wildman–Crippen LogP) is 2.36. The summed E-state index contributed by atoms with van der Waals surface area (Å²) in [5, 5.41) is 0. The number of hydrogen-bond donors (Lipinski definition) is 0. The summed E-state index contributed by atoms with van der Waals surface area (Å²) in [6.45, 7) is 7.16. The van der Waals surface area contributed by atoms with Gasteiger partial charge in [0.15, 0.2) is 0 Å². The van der Waals surface area contributed by atoms with Gasteiger partial charge in [-0.15, -0.1) is 0 Å². The van der Waals surface area contributed by atoms with Crippen molar-refractivity contribution >= 4 is 11.6 Å². The van der Waals surface area contributed by atoms with Crippen molar-refractivity contribution in [2.45, 2.75) is 47.0 Å². The molecule has 0 aliphatic rings. The van der Waals surface area contributed by atoms with Crippen molar-refractivity contribution in [2.75, 3.05) is 0 Å². The third-order valence-corrected chi connectivity index (χ3v) is 2.12. The Morgan fingerprint density at radius 3 is 2.08 bits per heavy atom. The molecule has 2 nitrogen and oxygen atoms in total. The van der Waals surface area contributed by atoms with E-state index in [0.29, 0.717) is 12.8 Å². The van der Waals surface area contributed by atoms with Crippen molar-refractivity contribution in [2.24, 2.45) is 5.41 Å². The lowest BCUT2D eigenvalue weighted by atomic mass is 9.83. The second-order valence-electron chi connectivity index (χ2n) is 3.91. The van der Waals surface area contributed by atoms with Gasteiger partial charge in [0.2, 0.25) is 0 Å². The van der Waals surface area contributed by atoms with Crippen LogP contribution in [-0.2, 0) is 9.59 Å². The zero-order valence-electron chi connectivity index (χ0n) is 8.44. The lowest BCUT2D eigenvalue weighted by Crippen LogP contribution is -2.24. The number of hydrogen-bond acceptors (Lipinski definition) is 2. The molecule has 0 atom stereocenters. The maximum absolute atomic E-state index is 11.2. The zero-order chi connectivity index (χ0) is 9.78. The summed E-state index contributed by atoms with van der Waals surface area (Å²) >= 11 is 0. The van der Waals surface area contributed by atoms with E-state index < -0.39 is 5.41 Å². The van der Waals surface area contributed by atoms with E-state index >= 15 is 0 Å². The Balaban J connectivity index is 4.06. The molecule has 2 heteroatoms. The molecule has 0 N–H and O–H groups in total. The molecule has 0 rings (SSSR count). The zero-order valence-corrected chi connectivity index (χ0v) is 8.44. The highest BCUT2D eigenvalue weighted by Gasteiger charge is 2.26. The fraction of sp³-hybridized carbons (Fsp3) is 0.800. The smallest absolute Gasteiger partial charge is 0.135 e. The number of Topliss-reactive ketones (excluding diaryl/α,β-unsaturated/α-hetero) is 2. The minimum absolute atomic E-state index is 0.0898. The number of carbonyl (C=O) groups is 2. The van der Waals surface area contributed by atoms with Gasteiger partial charge < -0.3 is 0 Å². The summed E-state index contributed by atoms with van der Waals surface area (Å²) in [4.78, 5) is 22.3. The molecule has 0 unspecified atom stereocenters. The SMILES string of the molecule is CCCC(=O)CC(C)(C)C(C)=O. The maximum atomic E-state index is 11.2. The van der Waals surface area contributed by atoms with Crippen molar-refractivity contribution in [3.05, 3.63) is 0 Å². The monoisotopic (exact) mass is 170 g/mol. The van der Waals surface area contributed by atoms with Gasteiger partial charge in [-0.2, -0.15) is 0 Å². The Bertz CT molecular complexity index is 180. The van der Waals surface area contributed by atoms with Gasteiger partial charge in [-0.25, -0.2) is 0 Å². The van der Waals surface area contributed by atoms with Crippen molar-refractivity contribution in [1.82, 2.24) is 0 Å². The molecule has 12 heavy (non-hydrogen) atoms. The summed E-state index contributed by atoms with van der Waals surface area (Å²) in [5.74, 6) is 0.282. The van der Waals surface area contributed by atoms with E-state index in [4.69, 9.17) is 0 Å². The minimum Gasteiger partial charge on any atom is -0.300 e. The third kappa shape index (κ3) is 3.65. The second-order valence-corrected chi connectivity index (χ2v) is 3.91. The molecule has 0 radical (unpaired) electrons. The van der Waals surface area contributed by atoms with Crippen LogP contribution in [0.1, 0.15) is 47.0 Å². The van der Waals surface area contributed by atoms with E-state index in [-0.39, 0.29) is 11.6 Å². The van der Waals surface area contributed by atoms with Crippen LogP contribution in [0.25, 0.3) is 0 Å². The van der Waals surface area contributed by atoms with Crippen LogP contribution in [0, 0.1) is 5.41 Å². The number of carbonyl (C=O) groups excluding carboxylic acids is 2. The van der Waals surface area contributed by atoms with Crippen molar-refractivity contribution in [3.63, 3.8) is 0 Å². The van der Waals surface area contributed by atoms with E-state index in [0.717, 1.165) is 6.42 Å². The van der Waals surface area contributed by atoms with Gasteiger partial charge in [-0.05, 0) is 13.3 Å². The van der Waals surface area contributed by atoms with E-state index in [2.05, 4.69) is 0 Å². The molecule has 0 saturated heterocycles. The standard InChI is InChI=1S/C10H18O2/c1-5-6-9(12)7-10(3,4)8(2)11/h5-7H2,1-4H3. The maximum Gasteiger partial charge on any atom is 0.135 e. The first-order valence-electron chi connectivity index (χ1n) is 4.43. The minimum atomic E-state index is -0.466. The van der Waals surface area contributed by atoms with Gasteiger partial charge in [-0.1, -0.05) is 20.8 Å². The summed E-state index contributed by atoms with van der Waals surface area (Å²) in [6, 6.07) is 0. The molecular formula is C10H18O2. The van der Waals surface area contributed by atoms with Gasteiger partial charge in [0, 0.05) is 18.3 Å².